The normalized spacial score (nSPS) is 22.2. The minimum atomic E-state index is -0.246. The van der Waals surface area contributed by atoms with Gasteiger partial charge in [0.15, 0.2) is 0 Å². The van der Waals surface area contributed by atoms with Crippen LogP contribution in [0.15, 0.2) is 30.9 Å². The maximum absolute atomic E-state index is 12.5. The SMILES string of the molecule is O=C(CCCn1cncn1)N[C@H](c1ccc2c(c1)CCO2)C1CC(O)C1. The molecular formula is C19H24N4O3. The first-order chi connectivity index (χ1) is 12.7. The molecule has 1 aliphatic carbocycles. The van der Waals surface area contributed by atoms with E-state index < -0.39 is 0 Å². The second kappa shape index (κ2) is 7.45. The Balaban J connectivity index is 1.39. The van der Waals surface area contributed by atoms with E-state index in [4.69, 9.17) is 4.74 Å². The average molecular weight is 356 g/mol. The number of hydrogen-bond donors (Lipinski definition) is 2. The maximum Gasteiger partial charge on any atom is 0.220 e. The third kappa shape index (κ3) is 3.72. The van der Waals surface area contributed by atoms with Crippen LogP contribution in [0.3, 0.4) is 0 Å². The molecule has 0 saturated heterocycles. The summed E-state index contributed by atoms with van der Waals surface area (Å²) in [5, 5.41) is 16.9. The van der Waals surface area contributed by atoms with Gasteiger partial charge in [0.05, 0.1) is 18.8 Å². The monoisotopic (exact) mass is 356 g/mol. The molecule has 1 fully saturated rings. The van der Waals surface area contributed by atoms with Crippen LogP contribution in [0, 0.1) is 5.92 Å². The molecule has 1 aromatic heterocycles. The topological polar surface area (TPSA) is 89.3 Å². The minimum absolute atomic E-state index is 0.0354. The van der Waals surface area contributed by atoms with Crippen molar-refractivity contribution in [2.75, 3.05) is 6.61 Å². The van der Waals surface area contributed by atoms with Crippen molar-refractivity contribution >= 4 is 5.91 Å². The van der Waals surface area contributed by atoms with Crippen LogP contribution in [-0.2, 0) is 17.8 Å². The number of nitrogens with zero attached hydrogens (tertiary/aromatic N) is 3. The van der Waals surface area contributed by atoms with Gasteiger partial charge in [0, 0.05) is 19.4 Å². The van der Waals surface area contributed by atoms with Gasteiger partial charge in [0.25, 0.3) is 0 Å². The van der Waals surface area contributed by atoms with E-state index in [0.717, 1.165) is 37.2 Å². The first-order valence-electron chi connectivity index (χ1n) is 9.24. The van der Waals surface area contributed by atoms with E-state index in [9.17, 15) is 9.90 Å². The summed E-state index contributed by atoms with van der Waals surface area (Å²) in [6, 6.07) is 6.13. The van der Waals surface area contributed by atoms with E-state index in [2.05, 4.69) is 21.5 Å². The van der Waals surface area contributed by atoms with Crippen LogP contribution in [0.5, 0.6) is 5.75 Å². The Morgan fingerprint density at radius 1 is 1.42 bits per heavy atom. The second-order valence-electron chi connectivity index (χ2n) is 7.16. The van der Waals surface area contributed by atoms with Gasteiger partial charge in [0.2, 0.25) is 5.91 Å². The zero-order valence-electron chi connectivity index (χ0n) is 14.7. The lowest BCUT2D eigenvalue weighted by Gasteiger charge is -2.38. The average Bonchev–Trinajstić information content (AvgIpc) is 3.28. The van der Waals surface area contributed by atoms with Crippen molar-refractivity contribution < 1.29 is 14.6 Å². The molecule has 1 aliphatic heterocycles. The summed E-state index contributed by atoms with van der Waals surface area (Å²) in [6.07, 6.45) is 6.44. The number of hydrogen-bond acceptors (Lipinski definition) is 5. The van der Waals surface area contributed by atoms with E-state index >= 15 is 0 Å². The highest BCUT2D eigenvalue weighted by Crippen LogP contribution is 2.39. The molecule has 138 valence electrons. The van der Waals surface area contributed by atoms with Gasteiger partial charge < -0.3 is 15.2 Å². The molecule has 7 heteroatoms. The smallest absolute Gasteiger partial charge is 0.220 e. The molecule has 4 rings (SSSR count). The number of carbonyl (C=O) groups excluding carboxylic acids is 1. The van der Waals surface area contributed by atoms with Crippen LogP contribution in [-0.4, -0.2) is 38.5 Å². The summed E-state index contributed by atoms with van der Waals surface area (Å²) in [7, 11) is 0. The molecule has 1 amide bonds. The highest BCUT2D eigenvalue weighted by Gasteiger charge is 2.36. The van der Waals surface area contributed by atoms with Crippen LogP contribution in [0.25, 0.3) is 0 Å². The number of carbonyl (C=O) groups is 1. The predicted octanol–water partition coefficient (Wildman–Crippen LogP) is 1.62. The van der Waals surface area contributed by atoms with Crippen LogP contribution in [0.2, 0.25) is 0 Å². The molecule has 2 heterocycles. The molecule has 0 unspecified atom stereocenters. The fourth-order valence-electron chi connectivity index (χ4n) is 3.77. The summed E-state index contributed by atoms with van der Waals surface area (Å²) >= 11 is 0. The highest BCUT2D eigenvalue weighted by atomic mass is 16.5. The number of aromatic nitrogens is 3. The number of benzene rings is 1. The molecule has 1 atom stereocenters. The third-order valence-corrected chi connectivity index (χ3v) is 5.27. The Bertz CT molecular complexity index is 756. The number of amides is 1. The van der Waals surface area contributed by atoms with Crippen molar-refractivity contribution in [3.05, 3.63) is 42.0 Å². The number of aliphatic hydroxyl groups is 1. The van der Waals surface area contributed by atoms with Gasteiger partial charge in [-0.15, -0.1) is 0 Å². The molecule has 0 bridgehead atoms. The number of aryl methyl sites for hydroxylation is 1. The van der Waals surface area contributed by atoms with Gasteiger partial charge >= 0.3 is 0 Å². The molecule has 2 aromatic rings. The van der Waals surface area contributed by atoms with Crippen molar-refractivity contribution in [3.63, 3.8) is 0 Å². The largest absolute Gasteiger partial charge is 0.493 e. The number of rotatable bonds is 7. The van der Waals surface area contributed by atoms with Gasteiger partial charge in [0.1, 0.15) is 18.4 Å². The third-order valence-electron chi connectivity index (χ3n) is 5.27. The molecule has 1 aromatic carbocycles. The van der Waals surface area contributed by atoms with Crippen LogP contribution >= 0.6 is 0 Å². The molecule has 0 spiro atoms. The van der Waals surface area contributed by atoms with Crippen molar-refractivity contribution in [1.82, 2.24) is 20.1 Å². The molecular weight excluding hydrogens is 332 g/mol. The molecule has 1 saturated carbocycles. The van der Waals surface area contributed by atoms with Crippen LogP contribution < -0.4 is 10.1 Å². The van der Waals surface area contributed by atoms with E-state index in [1.807, 2.05) is 12.1 Å². The molecule has 26 heavy (non-hydrogen) atoms. The van der Waals surface area contributed by atoms with Gasteiger partial charge in [-0.25, -0.2) is 4.98 Å². The van der Waals surface area contributed by atoms with Crippen LogP contribution in [0.1, 0.15) is 42.9 Å². The fraction of sp³-hybridized carbons (Fsp3) is 0.526. The van der Waals surface area contributed by atoms with Gasteiger partial charge in [-0.1, -0.05) is 6.07 Å². The molecule has 7 nitrogen and oxygen atoms in total. The first-order valence-corrected chi connectivity index (χ1v) is 9.24. The zero-order chi connectivity index (χ0) is 17.9. The van der Waals surface area contributed by atoms with E-state index in [1.54, 1.807) is 11.0 Å². The molecule has 0 radical (unpaired) electrons. The number of aliphatic hydroxyl groups excluding tert-OH is 1. The van der Waals surface area contributed by atoms with Crippen molar-refractivity contribution in [3.8, 4) is 5.75 Å². The summed E-state index contributed by atoms with van der Waals surface area (Å²) < 4.78 is 7.31. The van der Waals surface area contributed by atoms with Gasteiger partial charge in [-0.05, 0) is 48.4 Å². The van der Waals surface area contributed by atoms with Gasteiger partial charge in [-0.3, -0.25) is 9.48 Å². The lowest BCUT2D eigenvalue weighted by Crippen LogP contribution is -2.41. The Morgan fingerprint density at radius 3 is 3.08 bits per heavy atom. The zero-order valence-corrected chi connectivity index (χ0v) is 14.7. The summed E-state index contributed by atoms with van der Waals surface area (Å²) in [4.78, 5) is 16.4. The Kier molecular flexibility index (Phi) is 4.88. The fourth-order valence-corrected chi connectivity index (χ4v) is 3.77. The number of nitrogens with one attached hydrogen (secondary N) is 1. The highest BCUT2D eigenvalue weighted by molar-refractivity contribution is 5.76. The summed E-state index contributed by atoms with van der Waals surface area (Å²) in [5.41, 5.74) is 2.31. The first kappa shape index (κ1) is 17.0. The number of ether oxygens (including phenoxy) is 1. The molecule has 2 N–H and O–H groups in total. The van der Waals surface area contributed by atoms with E-state index in [-0.39, 0.29) is 24.0 Å². The van der Waals surface area contributed by atoms with Crippen molar-refractivity contribution in [2.24, 2.45) is 5.92 Å². The minimum Gasteiger partial charge on any atom is -0.493 e. The molecule has 2 aliphatic rings. The Morgan fingerprint density at radius 2 is 2.31 bits per heavy atom. The predicted molar refractivity (Wildman–Crippen MR) is 94.5 cm³/mol. The van der Waals surface area contributed by atoms with Gasteiger partial charge in [-0.2, -0.15) is 5.10 Å². The number of fused-ring (bicyclic) bond motifs is 1. The van der Waals surface area contributed by atoms with E-state index in [1.165, 1.54) is 11.9 Å². The summed E-state index contributed by atoms with van der Waals surface area (Å²) in [5.74, 6) is 1.26. The summed E-state index contributed by atoms with van der Waals surface area (Å²) in [6.45, 7) is 1.40. The van der Waals surface area contributed by atoms with E-state index in [0.29, 0.717) is 19.4 Å². The quantitative estimate of drug-likeness (QED) is 0.787. The Labute approximate surface area is 152 Å². The lowest BCUT2D eigenvalue weighted by atomic mass is 9.74. The maximum atomic E-state index is 12.5. The second-order valence-corrected chi connectivity index (χ2v) is 7.16. The standard InChI is InChI=1S/C19H24N4O3/c24-16-9-15(10-16)19(14-3-4-17-13(8-14)5-7-26-17)22-18(25)2-1-6-23-12-20-11-21-23/h3-4,8,11-12,15-16,19,24H,1-2,5-7,9-10H2,(H,22,25)/t15?,16?,19-/m1/s1. The lowest BCUT2D eigenvalue weighted by molar-refractivity contribution is -0.123. The van der Waals surface area contributed by atoms with Crippen molar-refractivity contribution in [2.45, 2.75) is 50.8 Å². The van der Waals surface area contributed by atoms with Crippen LogP contribution in [0.4, 0.5) is 0 Å². The van der Waals surface area contributed by atoms with Crippen molar-refractivity contribution in [1.29, 1.82) is 0 Å². The Hall–Kier alpha value is -2.41.